The van der Waals surface area contributed by atoms with Gasteiger partial charge in [0, 0.05) is 23.7 Å². The van der Waals surface area contributed by atoms with E-state index in [9.17, 15) is 9.90 Å². The fourth-order valence-electron chi connectivity index (χ4n) is 3.53. The Morgan fingerprint density at radius 1 is 1.07 bits per heavy atom. The molecule has 0 aliphatic carbocycles. The van der Waals surface area contributed by atoms with Gasteiger partial charge < -0.3 is 10.0 Å². The number of hydrogen-bond acceptors (Lipinski definition) is 5. The summed E-state index contributed by atoms with van der Waals surface area (Å²) in [5, 5.41) is 23.0. The van der Waals surface area contributed by atoms with Gasteiger partial charge in [-0.3, -0.25) is 4.79 Å². The van der Waals surface area contributed by atoms with Crippen molar-refractivity contribution in [3.8, 4) is 5.69 Å². The Labute approximate surface area is 167 Å². The van der Waals surface area contributed by atoms with Crippen molar-refractivity contribution in [1.29, 1.82) is 0 Å². The summed E-state index contributed by atoms with van der Waals surface area (Å²) < 4.78 is 1.61. The van der Waals surface area contributed by atoms with E-state index in [2.05, 4.69) is 15.5 Å². The lowest BCUT2D eigenvalue weighted by molar-refractivity contribution is -0.0211. The number of aliphatic hydroxyl groups is 1. The quantitative estimate of drug-likeness (QED) is 0.734. The molecule has 3 aromatic rings. The van der Waals surface area contributed by atoms with E-state index in [4.69, 9.17) is 11.6 Å². The Bertz CT molecular complexity index is 977. The summed E-state index contributed by atoms with van der Waals surface area (Å²) in [5.74, 6) is 0.634. The molecule has 0 radical (unpaired) electrons. The second-order valence-electron chi connectivity index (χ2n) is 7.02. The van der Waals surface area contributed by atoms with Crippen LogP contribution < -0.4 is 0 Å². The number of carbonyl (C=O) groups is 1. The SMILES string of the molecule is Cc1nnnn1-c1ccc(C(=O)N2CCC(O)(c3ccc(Cl)cc3)CC2)cc1. The lowest BCUT2D eigenvalue weighted by Gasteiger charge is -2.38. The number of aromatic nitrogens is 4. The molecule has 2 heterocycles. The van der Waals surface area contributed by atoms with E-state index < -0.39 is 5.60 Å². The number of carbonyl (C=O) groups excluding carboxylic acids is 1. The summed E-state index contributed by atoms with van der Waals surface area (Å²) in [5.41, 5.74) is 1.31. The van der Waals surface area contributed by atoms with Crippen molar-refractivity contribution in [2.75, 3.05) is 13.1 Å². The molecule has 0 spiro atoms. The van der Waals surface area contributed by atoms with Crippen LogP contribution in [0.1, 0.15) is 34.6 Å². The van der Waals surface area contributed by atoms with Crippen LogP contribution in [0, 0.1) is 6.92 Å². The van der Waals surface area contributed by atoms with Crippen LogP contribution in [0.2, 0.25) is 5.02 Å². The van der Waals surface area contributed by atoms with E-state index in [1.807, 2.05) is 31.2 Å². The van der Waals surface area contributed by atoms with Gasteiger partial charge in [-0.05, 0) is 72.2 Å². The Balaban J connectivity index is 1.44. The Morgan fingerprint density at radius 2 is 1.71 bits per heavy atom. The van der Waals surface area contributed by atoms with E-state index in [1.165, 1.54) is 0 Å². The third-order valence-electron chi connectivity index (χ3n) is 5.24. The normalized spacial score (nSPS) is 16.2. The van der Waals surface area contributed by atoms with Gasteiger partial charge in [0.1, 0.15) is 0 Å². The molecular weight excluding hydrogens is 378 g/mol. The average Bonchev–Trinajstić information content (AvgIpc) is 3.14. The van der Waals surface area contributed by atoms with E-state index in [0.717, 1.165) is 11.3 Å². The third kappa shape index (κ3) is 3.50. The molecule has 1 aliphatic rings. The van der Waals surface area contributed by atoms with Crippen molar-refractivity contribution in [3.63, 3.8) is 0 Å². The first kappa shape index (κ1) is 18.6. The Morgan fingerprint density at radius 3 is 2.29 bits per heavy atom. The highest BCUT2D eigenvalue weighted by Crippen LogP contribution is 2.33. The van der Waals surface area contributed by atoms with E-state index in [0.29, 0.717) is 42.3 Å². The predicted octanol–water partition coefficient (Wildman–Crippen LogP) is 2.75. The number of piperidine rings is 1. The summed E-state index contributed by atoms with van der Waals surface area (Å²) in [7, 11) is 0. The maximum atomic E-state index is 12.8. The number of aryl methyl sites for hydroxylation is 1. The number of tetrazole rings is 1. The van der Waals surface area contributed by atoms with Crippen molar-refractivity contribution in [2.45, 2.75) is 25.4 Å². The van der Waals surface area contributed by atoms with Gasteiger partial charge in [0.2, 0.25) is 0 Å². The molecular formula is C20H20ClN5O2. The van der Waals surface area contributed by atoms with Crippen LogP contribution >= 0.6 is 11.6 Å². The van der Waals surface area contributed by atoms with Gasteiger partial charge >= 0.3 is 0 Å². The standard InChI is InChI=1S/C20H20ClN5O2/c1-14-22-23-24-26(14)18-8-2-15(3-9-18)19(27)25-12-10-20(28,11-13-25)16-4-6-17(21)7-5-16/h2-9,28H,10-13H2,1H3. The van der Waals surface area contributed by atoms with Crippen molar-refractivity contribution >= 4 is 17.5 Å². The Kier molecular flexibility index (Phi) is 4.87. The van der Waals surface area contributed by atoms with Gasteiger partial charge in [-0.25, -0.2) is 0 Å². The lowest BCUT2D eigenvalue weighted by atomic mass is 9.84. The number of likely N-dealkylation sites (tertiary alicyclic amines) is 1. The maximum absolute atomic E-state index is 12.8. The molecule has 1 fully saturated rings. The third-order valence-corrected chi connectivity index (χ3v) is 5.50. The number of rotatable bonds is 3. The molecule has 1 amide bonds. The van der Waals surface area contributed by atoms with Gasteiger partial charge in [0.15, 0.2) is 5.82 Å². The largest absolute Gasteiger partial charge is 0.385 e. The molecule has 4 rings (SSSR count). The second kappa shape index (κ2) is 7.33. The minimum atomic E-state index is -0.928. The zero-order chi connectivity index (χ0) is 19.7. The summed E-state index contributed by atoms with van der Waals surface area (Å²) in [4.78, 5) is 14.6. The van der Waals surface area contributed by atoms with Gasteiger partial charge in [0.05, 0.1) is 11.3 Å². The monoisotopic (exact) mass is 397 g/mol. The molecule has 2 aromatic carbocycles. The molecule has 0 bridgehead atoms. The number of halogens is 1. The van der Waals surface area contributed by atoms with Gasteiger partial charge in [-0.1, -0.05) is 23.7 Å². The molecule has 28 heavy (non-hydrogen) atoms. The summed E-state index contributed by atoms with van der Waals surface area (Å²) in [6.07, 6.45) is 0.977. The number of benzene rings is 2. The van der Waals surface area contributed by atoms with Crippen LogP contribution in [-0.2, 0) is 5.60 Å². The first-order valence-corrected chi connectivity index (χ1v) is 9.47. The maximum Gasteiger partial charge on any atom is 0.253 e. The number of amides is 1. The lowest BCUT2D eigenvalue weighted by Crippen LogP contribution is -2.45. The molecule has 1 saturated heterocycles. The molecule has 7 nitrogen and oxygen atoms in total. The van der Waals surface area contributed by atoms with Crippen LogP contribution in [-0.4, -0.2) is 49.2 Å². The summed E-state index contributed by atoms with van der Waals surface area (Å²) in [6.45, 7) is 2.80. The average molecular weight is 398 g/mol. The van der Waals surface area contributed by atoms with Gasteiger partial charge in [-0.2, -0.15) is 4.68 Å². The zero-order valence-corrected chi connectivity index (χ0v) is 16.2. The van der Waals surface area contributed by atoms with Crippen LogP contribution in [0.25, 0.3) is 5.69 Å². The highest BCUT2D eigenvalue weighted by Gasteiger charge is 2.35. The minimum Gasteiger partial charge on any atom is -0.385 e. The summed E-state index contributed by atoms with van der Waals surface area (Å²) >= 11 is 5.93. The van der Waals surface area contributed by atoms with Crippen LogP contribution in [0.4, 0.5) is 0 Å². The van der Waals surface area contributed by atoms with Gasteiger partial charge in [0.25, 0.3) is 5.91 Å². The topological polar surface area (TPSA) is 84.1 Å². The van der Waals surface area contributed by atoms with E-state index in [1.54, 1.807) is 33.8 Å². The highest BCUT2D eigenvalue weighted by molar-refractivity contribution is 6.30. The van der Waals surface area contributed by atoms with Crippen LogP contribution in [0.5, 0.6) is 0 Å². The Hall–Kier alpha value is -2.77. The number of nitrogens with zero attached hydrogens (tertiary/aromatic N) is 5. The van der Waals surface area contributed by atoms with Crippen LogP contribution in [0.3, 0.4) is 0 Å². The molecule has 144 valence electrons. The molecule has 8 heteroatoms. The van der Waals surface area contributed by atoms with Crippen molar-refractivity contribution in [3.05, 3.63) is 70.5 Å². The van der Waals surface area contributed by atoms with Gasteiger partial charge in [-0.15, -0.1) is 5.10 Å². The molecule has 0 saturated carbocycles. The predicted molar refractivity (Wildman–Crippen MR) is 104 cm³/mol. The molecule has 1 N–H and O–H groups in total. The highest BCUT2D eigenvalue weighted by atomic mass is 35.5. The first-order chi connectivity index (χ1) is 13.5. The minimum absolute atomic E-state index is 0.0434. The van der Waals surface area contributed by atoms with E-state index >= 15 is 0 Å². The second-order valence-corrected chi connectivity index (χ2v) is 7.45. The number of hydrogen-bond donors (Lipinski definition) is 1. The van der Waals surface area contributed by atoms with Crippen molar-refractivity contribution in [2.24, 2.45) is 0 Å². The summed E-state index contributed by atoms with van der Waals surface area (Å²) in [6, 6.07) is 14.5. The fraction of sp³-hybridized carbons (Fsp3) is 0.300. The van der Waals surface area contributed by atoms with E-state index in [-0.39, 0.29) is 5.91 Å². The zero-order valence-electron chi connectivity index (χ0n) is 15.4. The fourth-order valence-corrected chi connectivity index (χ4v) is 3.65. The smallest absolute Gasteiger partial charge is 0.253 e. The van der Waals surface area contributed by atoms with Crippen LogP contribution in [0.15, 0.2) is 48.5 Å². The first-order valence-electron chi connectivity index (χ1n) is 9.09. The molecule has 1 aromatic heterocycles. The molecule has 1 aliphatic heterocycles. The van der Waals surface area contributed by atoms with Crippen molar-refractivity contribution in [1.82, 2.24) is 25.1 Å². The van der Waals surface area contributed by atoms with Crippen molar-refractivity contribution < 1.29 is 9.90 Å². The molecule has 0 unspecified atom stereocenters. The molecule has 0 atom stereocenters.